The van der Waals surface area contributed by atoms with Crippen LogP contribution in [0.5, 0.6) is 0 Å². The van der Waals surface area contributed by atoms with Crippen molar-refractivity contribution in [3.8, 4) is 0 Å². The van der Waals surface area contributed by atoms with Crippen LogP contribution in [0.1, 0.15) is 5.76 Å². The second kappa shape index (κ2) is 4.94. The molecule has 1 heterocycles. The number of furan rings is 1. The molecule has 0 aromatic carbocycles. The van der Waals surface area contributed by atoms with Crippen molar-refractivity contribution in [3.05, 3.63) is 39.8 Å². The number of hydrogen-bond acceptors (Lipinski definition) is 5. The van der Waals surface area contributed by atoms with Gasteiger partial charge in [0.05, 0.1) is 13.4 Å². The topological polar surface area (TPSA) is 82.6 Å². The van der Waals surface area contributed by atoms with E-state index in [0.29, 0.717) is 5.76 Å². The smallest absolute Gasteiger partial charge is 0.340 e. The van der Waals surface area contributed by atoms with Crippen LogP contribution in [0.4, 0.5) is 0 Å². The van der Waals surface area contributed by atoms with Crippen LogP contribution in [0.25, 0.3) is 6.08 Å². The summed E-state index contributed by atoms with van der Waals surface area (Å²) in [5, 5.41) is 10.3. The molecule has 0 amide bonds. The van der Waals surface area contributed by atoms with E-state index in [4.69, 9.17) is 4.42 Å². The fourth-order valence-corrected chi connectivity index (χ4v) is 0.984. The summed E-state index contributed by atoms with van der Waals surface area (Å²) in [4.78, 5) is 20.8. The summed E-state index contributed by atoms with van der Waals surface area (Å²) >= 11 is 0. The van der Waals surface area contributed by atoms with Crippen LogP contribution in [-0.2, 0) is 9.53 Å². The fourth-order valence-electron chi connectivity index (χ4n) is 0.984. The molecule has 1 aromatic heterocycles. The lowest BCUT2D eigenvalue weighted by molar-refractivity contribution is -0.470. The molecule has 0 unspecified atom stereocenters. The number of ether oxygens (including phenoxy) is 1. The highest BCUT2D eigenvalue weighted by molar-refractivity contribution is 5.93. The number of carbonyl (C=O) groups is 1. The van der Waals surface area contributed by atoms with Gasteiger partial charge in [-0.05, 0) is 18.2 Å². The Morgan fingerprint density at radius 3 is 2.93 bits per heavy atom. The van der Waals surface area contributed by atoms with Gasteiger partial charge < -0.3 is 9.15 Å². The van der Waals surface area contributed by atoms with Crippen molar-refractivity contribution in [2.45, 2.75) is 0 Å². The van der Waals surface area contributed by atoms with Crippen LogP contribution in [0.3, 0.4) is 0 Å². The fraction of sp³-hybridized carbons (Fsp3) is 0.222. The molecule has 80 valence electrons. The van der Waals surface area contributed by atoms with E-state index >= 15 is 0 Å². The second-order valence-corrected chi connectivity index (χ2v) is 2.67. The standard InChI is InChI=1S/C9H9NO5/c1-14-9(11)7(6-10(12)13)5-8-3-2-4-15-8/h2-5H,6H2,1H3/b7-5+. The molecule has 0 fully saturated rings. The summed E-state index contributed by atoms with van der Waals surface area (Å²) in [5.41, 5.74) is -0.0579. The van der Waals surface area contributed by atoms with Gasteiger partial charge in [-0.25, -0.2) is 4.79 Å². The van der Waals surface area contributed by atoms with Gasteiger partial charge in [0.25, 0.3) is 0 Å². The average molecular weight is 211 g/mol. The molecule has 0 saturated heterocycles. The van der Waals surface area contributed by atoms with Gasteiger partial charge in [0, 0.05) is 4.92 Å². The monoisotopic (exact) mass is 211 g/mol. The van der Waals surface area contributed by atoms with E-state index in [-0.39, 0.29) is 5.57 Å². The minimum atomic E-state index is -0.733. The quantitative estimate of drug-likeness (QED) is 0.322. The molecular weight excluding hydrogens is 202 g/mol. The van der Waals surface area contributed by atoms with Crippen molar-refractivity contribution in [2.75, 3.05) is 13.7 Å². The highest BCUT2D eigenvalue weighted by atomic mass is 16.6. The Balaban J connectivity index is 2.90. The molecule has 0 saturated carbocycles. The third-order valence-electron chi connectivity index (χ3n) is 1.61. The zero-order chi connectivity index (χ0) is 11.3. The van der Waals surface area contributed by atoms with Crippen LogP contribution in [0, 0.1) is 10.1 Å². The summed E-state index contributed by atoms with van der Waals surface area (Å²) in [6.07, 6.45) is 2.70. The van der Waals surface area contributed by atoms with E-state index in [9.17, 15) is 14.9 Å². The maximum Gasteiger partial charge on any atom is 0.340 e. The third-order valence-corrected chi connectivity index (χ3v) is 1.61. The van der Waals surface area contributed by atoms with Crippen molar-refractivity contribution in [1.82, 2.24) is 0 Å². The highest BCUT2D eigenvalue weighted by Crippen LogP contribution is 2.08. The van der Waals surface area contributed by atoms with Gasteiger partial charge in [-0.1, -0.05) is 0 Å². The summed E-state index contributed by atoms with van der Waals surface area (Å²) in [7, 11) is 1.16. The molecule has 0 aliphatic heterocycles. The molecule has 0 N–H and O–H groups in total. The van der Waals surface area contributed by atoms with E-state index in [1.807, 2.05) is 0 Å². The minimum Gasteiger partial charge on any atom is -0.465 e. The van der Waals surface area contributed by atoms with Crippen molar-refractivity contribution in [2.24, 2.45) is 0 Å². The lowest BCUT2D eigenvalue weighted by atomic mass is 10.2. The first-order valence-corrected chi connectivity index (χ1v) is 4.07. The van der Waals surface area contributed by atoms with Crippen molar-refractivity contribution < 1.29 is 18.9 Å². The normalized spacial score (nSPS) is 11.1. The van der Waals surface area contributed by atoms with E-state index in [1.54, 1.807) is 12.1 Å². The molecule has 1 rings (SSSR count). The Kier molecular flexibility index (Phi) is 3.61. The molecule has 0 bridgehead atoms. The van der Waals surface area contributed by atoms with E-state index in [2.05, 4.69) is 4.74 Å². The summed E-state index contributed by atoms with van der Waals surface area (Å²) in [6.45, 7) is -0.590. The third kappa shape index (κ3) is 3.26. The van der Waals surface area contributed by atoms with E-state index in [1.165, 1.54) is 12.3 Å². The van der Waals surface area contributed by atoms with Crippen LogP contribution in [0.2, 0.25) is 0 Å². The Bertz CT molecular complexity index is 379. The van der Waals surface area contributed by atoms with Crippen molar-refractivity contribution in [1.29, 1.82) is 0 Å². The van der Waals surface area contributed by atoms with Crippen LogP contribution in [-0.4, -0.2) is 24.5 Å². The lowest BCUT2D eigenvalue weighted by Gasteiger charge is -1.99. The first-order valence-electron chi connectivity index (χ1n) is 4.07. The number of esters is 1. The number of methoxy groups -OCH3 is 1. The van der Waals surface area contributed by atoms with Gasteiger partial charge in [0.2, 0.25) is 6.54 Å². The first kappa shape index (κ1) is 11.0. The predicted molar refractivity (Wildman–Crippen MR) is 50.6 cm³/mol. The van der Waals surface area contributed by atoms with Crippen LogP contribution < -0.4 is 0 Å². The first-order chi connectivity index (χ1) is 7.13. The minimum absolute atomic E-state index is 0.0579. The molecule has 0 spiro atoms. The lowest BCUT2D eigenvalue weighted by Crippen LogP contribution is -2.14. The highest BCUT2D eigenvalue weighted by Gasteiger charge is 2.16. The molecular formula is C9H9NO5. The Morgan fingerprint density at radius 2 is 2.47 bits per heavy atom. The molecule has 1 aromatic rings. The van der Waals surface area contributed by atoms with Gasteiger partial charge in [-0.3, -0.25) is 10.1 Å². The molecule has 0 aliphatic rings. The van der Waals surface area contributed by atoms with Gasteiger partial charge in [-0.2, -0.15) is 0 Å². The Labute approximate surface area is 85.3 Å². The molecule has 6 heteroatoms. The molecule has 15 heavy (non-hydrogen) atoms. The Morgan fingerprint density at radius 1 is 1.73 bits per heavy atom. The van der Waals surface area contributed by atoms with E-state index in [0.717, 1.165) is 7.11 Å². The second-order valence-electron chi connectivity index (χ2n) is 2.67. The molecule has 0 aliphatic carbocycles. The Hall–Kier alpha value is -2.11. The van der Waals surface area contributed by atoms with Gasteiger partial charge in [-0.15, -0.1) is 0 Å². The SMILES string of the molecule is COC(=O)/C(=C/c1ccco1)C[N+](=O)[O-]. The van der Waals surface area contributed by atoms with E-state index < -0.39 is 17.4 Å². The largest absolute Gasteiger partial charge is 0.465 e. The maximum absolute atomic E-state index is 11.1. The van der Waals surface area contributed by atoms with Gasteiger partial charge in [0.15, 0.2) is 0 Å². The van der Waals surface area contributed by atoms with Crippen molar-refractivity contribution in [3.63, 3.8) is 0 Å². The van der Waals surface area contributed by atoms with Gasteiger partial charge >= 0.3 is 5.97 Å². The number of nitrogens with zero attached hydrogens (tertiary/aromatic N) is 1. The summed E-state index contributed by atoms with van der Waals surface area (Å²) in [5.74, 6) is -0.361. The maximum atomic E-state index is 11.1. The van der Waals surface area contributed by atoms with Crippen LogP contribution in [0.15, 0.2) is 28.4 Å². The van der Waals surface area contributed by atoms with Crippen LogP contribution >= 0.6 is 0 Å². The molecule has 0 radical (unpaired) electrons. The number of carbonyl (C=O) groups excluding carboxylic acids is 1. The molecule has 6 nitrogen and oxygen atoms in total. The average Bonchev–Trinajstić information content (AvgIpc) is 2.67. The number of nitro groups is 1. The summed E-state index contributed by atoms with van der Waals surface area (Å²) in [6, 6.07) is 3.20. The summed E-state index contributed by atoms with van der Waals surface area (Å²) < 4.78 is 9.34. The zero-order valence-electron chi connectivity index (χ0n) is 8.00. The van der Waals surface area contributed by atoms with Gasteiger partial charge in [0.1, 0.15) is 11.3 Å². The van der Waals surface area contributed by atoms with Crippen molar-refractivity contribution >= 4 is 12.0 Å². The number of hydrogen-bond donors (Lipinski definition) is 0. The molecule has 0 atom stereocenters. The zero-order valence-corrected chi connectivity index (χ0v) is 8.00. The predicted octanol–water partition coefficient (Wildman–Crippen LogP) is 1.11. The number of rotatable bonds is 4.